The van der Waals surface area contributed by atoms with Crippen LogP contribution in [0.1, 0.15) is 28.7 Å². The first kappa shape index (κ1) is 22.3. The molecule has 0 unspecified atom stereocenters. The van der Waals surface area contributed by atoms with Gasteiger partial charge in [0.25, 0.3) is 5.91 Å². The molecular formula is C20H23ClN2O6. The van der Waals surface area contributed by atoms with Crippen LogP contribution in [0.4, 0.5) is 5.69 Å². The molecule has 0 aliphatic carbocycles. The van der Waals surface area contributed by atoms with E-state index in [0.717, 1.165) is 0 Å². The number of hydrogen-bond donors (Lipinski definition) is 1. The van der Waals surface area contributed by atoms with Crippen molar-refractivity contribution in [2.24, 2.45) is 0 Å². The predicted molar refractivity (Wildman–Crippen MR) is 107 cm³/mol. The van der Waals surface area contributed by atoms with Crippen LogP contribution in [0.2, 0.25) is 5.02 Å². The largest absolute Gasteiger partial charge is 0.495 e. The molecule has 29 heavy (non-hydrogen) atoms. The molecule has 1 amide bonds. The fourth-order valence-corrected chi connectivity index (χ4v) is 2.98. The van der Waals surface area contributed by atoms with E-state index in [1.807, 2.05) is 0 Å². The van der Waals surface area contributed by atoms with Crippen LogP contribution >= 0.6 is 11.6 Å². The Balaban J connectivity index is 1.92. The highest BCUT2D eigenvalue weighted by molar-refractivity contribution is 6.32. The van der Waals surface area contributed by atoms with Crippen LogP contribution in [0, 0.1) is 13.8 Å². The van der Waals surface area contributed by atoms with Crippen LogP contribution < -0.4 is 10.1 Å². The second-order valence-electron chi connectivity index (χ2n) is 6.15. The summed E-state index contributed by atoms with van der Waals surface area (Å²) >= 11 is 6.01. The zero-order valence-corrected chi connectivity index (χ0v) is 17.5. The Hall–Kier alpha value is -3.00. The molecule has 1 aromatic carbocycles. The lowest BCUT2D eigenvalue weighted by Gasteiger charge is -2.11. The van der Waals surface area contributed by atoms with Crippen molar-refractivity contribution in [1.82, 2.24) is 4.57 Å². The lowest BCUT2D eigenvalue weighted by Crippen LogP contribution is -2.23. The third-order valence-electron chi connectivity index (χ3n) is 4.16. The molecule has 0 radical (unpaired) electrons. The average molecular weight is 423 g/mol. The number of carbonyl (C=O) groups excluding carboxylic acids is 3. The second kappa shape index (κ2) is 9.97. The molecule has 156 valence electrons. The van der Waals surface area contributed by atoms with Gasteiger partial charge in [-0.15, -0.1) is 0 Å². The van der Waals surface area contributed by atoms with Gasteiger partial charge in [0.2, 0.25) is 0 Å². The molecule has 0 aliphatic rings. The quantitative estimate of drug-likeness (QED) is 0.656. The summed E-state index contributed by atoms with van der Waals surface area (Å²) in [5.74, 6) is -1.08. The van der Waals surface area contributed by atoms with Crippen molar-refractivity contribution >= 4 is 35.1 Å². The van der Waals surface area contributed by atoms with Crippen LogP contribution in [0.3, 0.4) is 0 Å². The third kappa shape index (κ3) is 5.74. The fraction of sp³-hybridized carbons (Fsp3) is 0.350. The Morgan fingerprint density at radius 3 is 2.48 bits per heavy atom. The van der Waals surface area contributed by atoms with E-state index in [2.05, 4.69) is 5.32 Å². The van der Waals surface area contributed by atoms with E-state index >= 15 is 0 Å². The normalized spacial score (nSPS) is 10.4. The van der Waals surface area contributed by atoms with Crippen molar-refractivity contribution in [2.45, 2.75) is 27.3 Å². The number of hydrogen-bond acceptors (Lipinski definition) is 6. The number of esters is 2. The minimum atomic E-state index is -0.606. The van der Waals surface area contributed by atoms with Gasteiger partial charge >= 0.3 is 11.9 Å². The zero-order chi connectivity index (χ0) is 21.6. The van der Waals surface area contributed by atoms with E-state index in [9.17, 15) is 14.4 Å². The summed E-state index contributed by atoms with van der Waals surface area (Å²) in [7, 11) is 1.49. The maximum absolute atomic E-state index is 12.1. The number of amides is 1. The predicted octanol–water partition coefficient (Wildman–Crippen LogP) is 3.13. The van der Waals surface area contributed by atoms with Gasteiger partial charge < -0.3 is 24.1 Å². The van der Waals surface area contributed by atoms with Crippen molar-refractivity contribution in [2.75, 3.05) is 25.6 Å². The summed E-state index contributed by atoms with van der Waals surface area (Å²) < 4.78 is 16.7. The third-order valence-corrected chi connectivity index (χ3v) is 4.45. The van der Waals surface area contributed by atoms with E-state index < -0.39 is 24.5 Å². The number of nitrogens with zero attached hydrogens (tertiary/aromatic N) is 1. The number of rotatable bonds is 8. The number of anilines is 1. The van der Waals surface area contributed by atoms with Crippen LogP contribution in [0.15, 0.2) is 24.3 Å². The lowest BCUT2D eigenvalue weighted by atomic mass is 10.2. The smallest absolute Gasteiger partial charge is 0.339 e. The summed E-state index contributed by atoms with van der Waals surface area (Å²) in [6.45, 7) is 4.89. The van der Waals surface area contributed by atoms with Crippen LogP contribution in [-0.2, 0) is 25.6 Å². The summed E-state index contributed by atoms with van der Waals surface area (Å²) in [6.07, 6.45) is 0. The summed E-state index contributed by atoms with van der Waals surface area (Å²) in [5.41, 5.74) is 2.15. The highest BCUT2D eigenvalue weighted by Crippen LogP contribution is 2.27. The molecule has 8 nitrogen and oxygen atoms in total. The molecule has 0 saturated carbocycles. The minimum Gasteiger partial charge on any atom is -0.495 e. The number of benzene rings is 1. The summed E-state index contributed by atoms with van der Waals surface area (Å²) in [4.78, 5) is 36.1. The molecule has 2 aromatic rings. The van der Waals surface area contributed by atoms with Gasteiger partial charge in [-0.05, 0) is 45.0 Å². The zero-order valence-electron chi connectivity index (χ0n) is 16.7. The van der Waals surface area contributed by atoms with Crippen molar-refractivity contribution in [3.63, 3.8) is 0 Å². The maximum atomic E-state index is 12.1. The van der Waals surface area contributed by atoms with Crippen molar-refractivity contribution in [3.05, 3.63) is 46.2 Å². The number of carbonyl (C=O) groups is 3. The van der Waals surface area contributed by atoms with Gasteiger partial charge in [-0.1, -0.05) is 11.6 Å². The Bertz CT molecular complexity index is 922. The molecule has 0 bridgehead atoms. The van der Waals surface area contributed by atoms with E-state index in [0.29, 0.717) is 33.4 Å². The summed E-state index contributed by atoms with van der Waals surface area (Å²) in [5, 5.41) is 2.93. The number of ether oxygens (including phenoxy) is 3. The van der Waals surface area contributed by atoms with Crippen LogP contribution in [0.25, 0.3) is 0 Å². The van der Waals surface area contributed by atoms with Gasteiger partial charge in [0.1, 0.15) is 12.3 Å². The van der Waals surface area contributed by atoms with E-state index in [1.165, 1.54) is 13.2 Å². The molecule has 1 N–H and O–H groups in total. The number of aryl methyl sites for hydroxylation is 1. The van der Waals surface area contributed by atoms with Gasteiger partial charge in [-0.3, -0.25) is 9.59 Å². The molecule has 0 fully saturated rings. The Morgan fingerprint density at radius 1 is 1.14 bits per heavy atom. The van der Waals surface area contributed by atoms with Crippen LogP contribution in [-0.4, -0.2) is 42.7 Å². The number of methoxy groups -OCH3 is 1. The number of nitrogens with one attached hydrogen (secondary N) is 1. The van der Waals surface area contributed by atoms with Gasteiger partial charge in [0.05, 0.1) is 24.3 Å². The standard InChI is InChI=1S/C20H23ClN2O6/c1-5-28-20(26)15-8-12(2)23(13(15)3)10-19(25)29-11-18(24)22-14-6-7-17(27-4)16(21)9-14/h6-9H,5,10-11H2,1-4H3,(H,22,24). The molecule has 0 saturated heterocycles. The number of aromatic nitrogens is 1. The molecule has 1 aromatic heterocycles. The first-order valence-electron chi connectivity index (χ1n) is 8.89. The first-order chi connectivity index (χ1) is 13.8. The Kier molecular flexibility index (Phi) is 7.67. The monoisotopic (exact) mass is 422 g/mol. The Labute approximate surface area is 173 Å². The van der Waals surface area contributed by atoms with Gasteiger partial charge in [-0.25, -0.2) is 4.79 Å². The van der Waals surface area contributed by atoms with E-state index in [4.69, 9.17) is 25.8 Å². The van der Waals surface area contributed by atoms with Crippen LogP contribution in [0.5, 0.6) is 5.75 Å². The molecular weight excluding hydrogens is 400 g/mol. The highest BCUT2D eigenvalue weighted by atomic mass is 35.5. The lowest BCUT2D eigenvalue weighted by molar-refractivity contribution is -0.147. The minimum absolute atomic E-state index is 0.126. The Morgan fingerprint density at radius 2 is 1.86 bits per heavy atom. The first-order valence-corrected chi connectivity index (χ1v) is 9.27. The highest BCUT2D eigenvalue weighted by Gasteiger charge is 2.19. The van der Waals surface area contributed by atoms with Crippen molar-refractivity contribution < 1.29 is 28.6 Å². The summed E-state index contributed by atoms with van der Waals surface area (Å²) in [6, 6.07) is 6.42. The molecule has 0 aliphatic heterocycles. The van der Waals surface area contributed by atoms with Gasteiger partial charge in [0.15, 0.2) is 6.61 Å². The molecule has 9 heteroatoms. The maximum Gasteiger partial charge on any atom is 0.339 e. The van der Waals surface area contributed by atoms with E-state index in [1.54, 1.807) is 43.5 Å². The van der Waals surface area contributed by atoms with E-state index in [-0.39, 0.29) is 13.2 Å². The molecule has 0 atom stereocenters. The molecule has 1 heterocycles. The van der Waals surface area contributed by atoms with Crippen molar-refractivity contribution in [3.8, 4) is 5.75 Å². The van der Waals surface area contributed by atoms with Gasteiger partial charge in [0, 0.05) is 17.1 Å². The van der Waals surface area contributed by atoms with Gasteiger partial charge in [-0.2, -0.15) is 0 Å². The molecule has 2 rings (SSSR count). The fourth-order valence-electron chi connectivity index (χ4n) is 2.72. The van der Waals surface area contributed by atoms with Crippen molar-refractivity contribution in [1.29, 1.82) is 0 Å². The topological polar surface area (TPSA) is 95.9 Å². The average Bonchev–Trinajstić information content (AvgIpc) is 2.95. The SMILES string of the molecule is CCOC(=O)c1cc(C)n(CC(=O)OCC(=O)Nc2ccc(OC)c(Cl)c2)c1C. The number of halogens is 1. The second-order valence-corrected chi connectivity index (χ2v) is 6.56. The molecule has 0 spiro atoms.